The molecule has 1 aliphatic carbocycles. The average Bonchev–Trinajstić information content (AvgIpc) is 3.48. The van der Waals surface area contributed by atoms with Gasteiger partial charge in [-0.15, -0.1) is 0 Å². The molecule has 2 heterocycles. The third-order valence-corrected chi connectivity index (χ3v) is 7.83. The molecule has 0 unspecified atom stereocenters. The molecule has 0 bridgehead atoms. The van der Waals surface area contributed by atoms with Crippen LogP contribution in [0.4, 0.5) is 5.69 Å². The molecule has 5 rings (SSSR count). The van der Waals surface area contributed by atoms with Gasteiger partial charge in [-0.1, -0.05) is 43.5 Å². The number of rotatable bonds is 6. The van der Waals surface area contributed by atoms with E-state index in [9.17, 15) is 9.59 Å². The van der Waals surface area contributed by atoms with Gasteiger partial charge in [0.05, 0.1) is 11.0 Å². The molecule has 1 aromatic heterocycles. The maximum atomic E-state index is 13.3. The Morgan fingerprint density at radius 1 is 1.03 bits per heavy atom. The van der Waals surface area contributed by atoms with Crippen molar-refractivity contribution in [3.05, 3.63) is 59.4 Å². The SMILES string of the molecule is Cc1ccc2c(c1)nc(CCC(=O)N1CCC[C@H]1C(=O)Nc1ccccc1C1CCCCC1)n2C. The van der Waals surface area contributed by atoms with Crippen molar-refractivity contribution in [3.63, 3.8) is 0 Å². The zero-order valence-electron chi connectivity index (χ0n) is 20.9. The summed E-state index contributed by atoms with van der Waals surface area (Å²) in [6, 6.07) is 14.0. The number of hydrogen-bond acceptors (Lipinski definition) is 3. The van der Waals surface area contributed by atoms with Gasteiger partial charge in [-0.25, -0.2) is 4.98 Å². The van der Waals surface area contributed by atoms with Crippen molar-refractivity contribution in [2.24, 2.45) is 7.05 Å². The fraction of sp³-hybridized carbons (Fsp3) is 0.483. The highest BCUT2D eigenvalue weighted by Crippen LogP contribution is 2.36. The van der Waals surface area contributed by atoms with Crippen LogP contribution in [-0.4, -0.2) is 38.9 Å². The summed E-state index contributed by atoms with van der Waals surface area (Å²) in [4.78, 5) is 33.0. The number of anilines is 1. The molecule has 2 aliphatic rings. The zero-order chi connectivity index (χ0) is 24.4. The summed E-state index contributed by atoms with van der Waals surface area (Å²) in [5, 5.41) is 3.19. The average molecular weight is 473 g/mol. The minimum atomic E-state index is -0.398. The molecule has 6 nitrogen and oxygen atoms in total. The summed E-state index contributed by atoms with van der Waals surface area (Å²) < 4.78 is 2.07. The van der Waals surface area contributed by atoms with Gasteiger partial charge in [0.2, 0.25) is 11.8 Å². The Balaban J connectivity index is 1.24. The number of amides is 2. The molecule has 1 saturated heterocycles. The summed E-state index contributed by atoms with van der Waals surface area (Å²) in [5.74, 6) is 1.39. The smallest absolute Gasteiger partial charge is 0.247 e. The van der Waals surface area contributed by atoms with E-state index >= 15 is 0 Å². The Labute approximate surface area is 207 Å². The predicted molar refractivity (Wildman–Crippen MR) is 139 cm³/mol. The van der Waals surface area contributed by atoms with E-state index in [4.69, 9.17) is 4.98 Å². The number of para-hydroxylation sites is 1. The van der Waals surface area contributed by atoms with Crippen LogP contribution in [0, 0.1) is 6.92 Å². The summed E-state index contributed by atoms with van der Waals surface area (Å²) in [6.07, 6.45) is 8.68. The summed E-state index contributed by atoms with van der Waals surface area (Å²) in [6.45, 7) is 2.70. The first-order chi connectivity index (χ1) is 17.0. The number of hydrogen-bond donors (Lipinski definition) is 1. The topological polar surface area (TPSA) is 67.2 Å². The molecule has 1 saturated carbocycles. The fourth-order valence-corrected chi connectivity index (χ4v) is 5.88. The third-order valence-electron chi connectivity index (χ3n) is 7.83. The van der Waals surface area contributed by atoms with Gasteiger partial charge >= 0.3 is 0 Å². The number of fused-ring (bicyclic) bond motifs is 1. The lowest BCUT2D eigenvalue weighted by atomic mass is 9.83. The molecule has 35 heavy (non-hydrogen) atoms. The van der Waals surface area contributed by atoms with Gasteiger partial charge in [0.15, 0.2) is 0 Å². The number of benzene rings is 2. The van der Waals surface area contributed by atoms with Crippen LogP contribution in [0.25, 0.3) is 11.0 Å². The van der Waals surface area contributed by atoms with Crippen molar-refractivity contribution < 1.29 is 9.59 Å². The molecule has 2 amide bonds. The number of aryl methyl sites for hydroxylation is 3. The molecule has 2 aromatic carbocycles. The lowest BCUT2D eigenvalue weighted by molar-refractivity contribution is -0.136. The molecule has 0 spiro atoms. The Bertz CT molecular complexity index is 1220. The first kappa shape index (κ1) is 23.6. The van der Waals surface area contributed by atoms with Crippen LogP contribution in [0.2, 0.25) is 0 Å². The van der Waals surface area contributed by atoms with E-state index < -0.39 is 6.04 Å². The summed E-state index contributed by atoms with van der Waals surface area (Å²) in [5.41, 5.74) is 5.37. The van der Waals surface area contributed by atoms with E-state index in [-0.39, 0.29) is 11.8 Å². The fourth-order valence-electron chi connectivity index (χ4n) is 5.88. The number of imidazole rings is 1. The second-order valence-electron chi connectivity index (χ2n) is 10.2. The van der Waals surface area contributed by atoms with Crippen LogP contribution < -0.4 is 5.32 Å². The van der Waals surface area contributed by atoms with Crippen molar-refractivity contribution in [2.75, 3.05) is 11.9 Å². The molecule has 0 radical (unpaired) electrons. The third kappa shape index (κ3) is 4.97. The highest BCUT2D eigenvalue weighted by Gasteiger charge is 2.34. The first-order valence-electron chi connectivity index (χ1n) is 13.1. The molecule has 1 aliphatic heterocycles. The standard InChI is InChI=1S/C29H36N4O2/c1-20-14-15-25-24(19-20)30-27(32(25)2)16-17-28(34)33-18-8-13-26(33)29(35)31-23-12-7-6-11-22(23)21-9-4-3-5-10-21/h6-7,11-12,14-15,19,21,26H,3-5,8-10,13,16-18H2,1-2H3,(H,31,35)/t26-/m0/s1. The van der Waals surface area contributed by atoms with Gasteiger partial charge in [-0.3, -0.25) is 9.59 Å². The molecule has 1 N–H and O–H groups in total. The molecule has 184 valence electrons. The van der Waals surface area contributed by atoms with E-state index in [1.807, 2.05) is 19.2 Å². The van der Waals surface area contributed by atoms with E-state index in [2.05, 4.69) is 47.1 Å². The Morgan fingerprint density at radius 3 is 2.66 bits per heavy atom. The number of nitrogens with zero attached hydrogens (tertiary/aromatic N) is 3. The number of carbonyl (C=O) groups excluding carboxylic acids is 2. The second kappa shape index (κ2) is 10.2. The van der Waals surface area contributed by atoms with Crippen LogP contribution in [0.5, 0.6) is 0 Å². The molecule has 3 aromatic rings. The van der Waals surface area contributed by atoms with Crippen LogP contribution in [-0.2, 0) is 23.1 Å². The van der Waals surface area contributed by atoms with Crippen LogP contribution in [0.3, 0.4) is 0 Å². The predicted octanol–water partition coefficient (Wildman–Crippen LogP) is 5.49. The van der Waals surface area contributed by atoms with E-state index in [0.29, 0.717) is 25.3 Å². The van der Waals surface area contributed by atoms with E-state index in [1.54, 1.807) is 4.90 Å². The van der Waals surface area contributed by atoms with Gasteiger partial charge in [0, 0.05) is 32.1 Å². The number of nitrogens with one attached hydrogen (secondary N) is 1. The number of aromatic nitrogens is 2. The minimum absolute atomic E-state index is 0.0338. The lowest BCUT2D eigenvalue weighted by Gasteiger charge is -2.27. The Kier molecular flexibility index (Phi) is 6.89. The molecule has 1 atom stereocenters. The Morgan fingerprint density at radius 2 is 1.83 bits per heavy atom. The van der Waals surface area contributed by atoms with Crippen molar-refractivity contribution in [1.82, 2.24) is 14.5 Å². The number of likely N-dealkylation sites (tertiary alicyclic amines) is 1. The van der Waals surface area contributed by atoms with Crippen molar-refractivity contribution in [3.8, 4) is 0 Å². The molecule has 2 fully saturated rings. The highest BCUT2D eigenvalue weighted by atomic mass is 16.2. The van der Waals surface area contributed by atoms with Crippen LogP contribution in [0.1, 0.15) is 74.2 Å². The molecular formula is C29H36N4O2. The van der Waals surface area contributed by atoms with Gasteiger partial charge in [0.25, 0.3) is 0 Å². The van der Waals surface area contributed by atoms with Crippen LogP contribution >= 0.6 is 0 Å². The van der Waals surface area contributed by atoms with Gasteiger partial charge in [-0.05, 0) is 67.9 Å². The largest absolute Gasteiger partial charge is 0.331 e. The normalized spacial score (nSPS) is 18.8. The summed E-state index contributed by atoms with van der Waals surface area (Å²) >= 11 is 0. The van der Waals surface area contributed by atoms with Crippen molar-refractivity contribution in [1.29, 1.82) is 0 Å². The zero-order valence-corrected chi connectivity index (χ0v) is 20.9. The van der Waals surface area contributed by atoms with E-state index in [0.717, 1.165) is 35.4 Å². The maximum Gasteiger partial charge on any atom is 0.247 e. The number of carbonyl (C=O) groups is 2. The van der Waals surface area contributed by atoms with Crippen molar-refractivity contribution >= 4 is 28.5 Å². The molecule has 6 heteroatoms. The molecular weight excluding hydrogens is 436 g/mol. The minimum Gasteiger partial charge on any atom is -0.331 e. The highest BCUT2D eigenvalue weighted by molar-refractivity contribution is 5.98. The Hall–Kier alpha value is -3.15. The first-order valence-corrected chi connectivity index (χ1v) is 13.1. The quantitative estimate of drug-likeness (QED) is 0.516. The van der Waals surface area contributed by atoms with Gasteiger partial charge in [-0.2, -0.15) is 0 Å². The second-order valence-corrected chi connectivity index (χ2v) is 10.2. The van der Waals surface area contributed by atoms with Gasteiger partial charge < -0.3 is 14.8 Å². The van der Waals surface area contributed by atoms with Crippen molar-refractivity contribution in [2.45, 2.75) is 76.7 Å². The monoisotopic (exact) mass is 472 g/mol. The van der Waals surface area contributed by atoms with Crippen LogP contribution in [0.15, 0.2) is 42.5 Å². The maximum absolute atomic E-state index is 13.3. The van der Waals surface area contributed by atoms with E-state index in [1.165, 1.54) is 43.2 Å². The summed E-state index contributed by atoms with van der Waals surface area (Å²) in [7, 11) is 2.00. The lowest BCUT2D eigenvalue weighted by Crippen LogP contribution is -2.43. The van der Waals surface area contributed by atoms with Gasteiger partial charge in [0.1, 0.15) is 11.9 Å².